The van der Waals surface area contributed by atoms with Gasteiger partial charge in [-0.15, -0.1) is 0 Å². The summed E-state index contributed by atoms with van der Waals surface area (Å²) in [6.45, 7) is 0.268. The Morgan fingerprint density at radius 3 is 2.65 bits per heavy atom. The van der Waals surface area contributed by atoms with Gasteiger partial charge in [0.2, 0.25) is 0 Å². The van der Waals surface area contributed by atoms with Crippen molar-refractivity contribution < 1.29 is 19.4 Å². The van der Waals surface area contributed by atoms with E-state index >= 15 is 0 Å². The van der Waals surface area contributed by atoms with Crippen LogP contribution in [0.1, 0.15) is 22.5 Å². The predicted molar refractivity (Wildman–Crippen MR) is 95.4 cm³/mol. The molecule has 1 aromatic carbocycles. The minimum atomic E-state index is -0.905. The Labute approximate surface area is 156 Å². The summed E-state index contributed by atoms with van der Waals surface area (Å²) in [6, 6.07) is 9.09. The summed E-state index contributed by atoms with van der Waals surface area (Å²) in [4.78, 5) is 18.4. The van der Waals surface area contributed by atoms with Crippen LogP contribution in [0.3, 0.4) is 0 Å². The van der Waals surface area contributed by atoms with Crippen LogP contribution in [0.2, 0.25) is 5.02 Å². The summed E-state index contributed by atoms with van der Waals surface area (Å²) in [5.41, 5.74) is 0.149. The number of aromatic nitrogens is 1. The molecule has 1 aliphatic rings. The maximum Gasteiger partial charge on any atom is 0.272 e. The number of halogens is 2. The minimum absolute atomic E-state index is 0.186. The zero-order valence-electron chi connectivity index (χ0n) is 14.1. The van der Waals surface area contributed by atoms with Crippen LogP contribution in [-0.4, -0.2) is 51.8 Å². The number of carbonyl (C=O) groups is 1. The lowest BCUT2D eigenvalue weighted by Crippen LogP contribution is -2.56. The highest BCUT2D eigenvalue weighted by atomic mass is 35.5. The van der Waals surface area contributed by atoms with Gasteiger partial charge in [0.1, 0.15) is 11.5 Å². The van der Waals surface area contributed by atoms with Gasteiger partial charge < -0.3 is 15.1 Å². The van der Waals surface area contributed by atoms with Crippen LogP contribution in [0.4, 0.5) is 4.39 Å². The van der Waals surface area contributed by atoms with Crippen molar-refractivity contribution >= 4 is 17.5 Å². The Hall–Kier alpha value is -2.02. The molecule has 0 radical (unpaired) electrons. The summed E-state index contributed by atoms with van der Waals surface area (Å²) >= 11 is 5.81. The molecule has 1 aliphatic heterocycles. The average Bonchev–Trinajstić information content (AvgIpc) is 2.65. The predicted octanol–water partition coefficient (Wildman–Crippen LogP) is 2.30. The summed E-state index contributed by atoms with van der Waals surface area (Å²) in [6.07, 6.45) is 1.33. The third-order valence-corrected chi connectivity index (χ3v) is 5.13. The minimum Gasteiger partial charge on any atom is -0.396 e. The number of hydrogen-bond donors (Lipinski definition) is 2. The molecule has 0 saturated carbocycles. The van der Waals surface area contributed by atoms with Gasteiger partial charge in [-0.1, -0.05) is 23.7 Å². The molecule has 0 unspecified atom stereocenters. The topological polar surface area (TPSA) is 73.7 Å². The van der Waals surface area contributed by atoms with E-state index in [-0.39, 0.29) is 30.6 Å². The molecule has 138 valence electrons. The lowest BCUT2D eigenvalue weighted by Gasteiger charge is -2.45. The molecule has 1 fully saturated rings. The SMILES string of the molecule is O=C(c1ccc(Cl)cn1)N1CC[C@H](O)[C@@](CO)(Cc2ccc(F)cc2)C1. The van der Waals surface area contributed by atoms with E-state index in [1.54, 1.807) is 29.2 Å². The van der Waals surface area contributed by atoms with E-state index in [1.807, 2.05) is 0 Å². The zero-order valence-corrected chi connectivity index (χ0v) is 14.9. The molecular weight excluding hydrogens is 359 g/mol. The van der Waals surface area contributed by atoms with Gasteiger partial charge >= 0.3 is 0 Å². The molecule has 26 heavy (non-hydrogen) atoms. The first-order chi connectivity index (χ1) is 12.4. The number of amides is 1. The van der Waals surface area contributed by atoms with Crippen molar-refractivity contribution in [3.63, 3.8) is 0 Å². The lowest BCUT2D eigenvalue weighted by molar-refractivity contribution is -0.0669. The van der Waals surface area contributed by atoms with Crippen LogP contribution in [0, 0.1) is 11.2 Å². The van der Waals surface area contributed by atoms with Gasteiger partial charge in [-0.3, -0.25) is 4.79 Å². The van der Waals surface area contributed by atoms with Crippen LogP contribution < -0.4 is 0 Å². The number of carbonyl (C=O) groups excluding carboxylic acids is 1. The monoisotopic (exact) mass is 378 g/mol. The smallest absolute Gasteiger partial charge is 0.272 e. The van der Waals surface area contributed by atoms with Crippen LogP contribution in [-0.2, 0) is 6.42 Å². The summed E-state index contributed by atoms with van der Waals surface area (Å²) < 4.78 is 13.1. The van der Waals surface area contributed by atoms with Gasteiger partial charge in [-0.2, -0.15) is 0 Å². The molecule has 1 amide bonds. The Balaban J connectivity index is 1.81. The van der Waals surface area contributed by atoms with Crippen molar-refractivity contribution in [2.75, 3.05) is 19.7 Å². The second-order valence-corrected chi connectivity index (χ2v) is 7.15. The second kappa shape index (κ2) is 7.70. The quantitative estimate of drug-likeness (QED) is 0.856. The number of piperidine rings is 1. The molecule has 0 bridgehead atoms. The number of benzene rings is 1. The maximum absolute atomic E-state index is 13.1. The van der Waals surface area contributed by atoms with Gasteiger partial charge in [-0.25, -0.2) is 9.37 Å². The average molecular weight is 379 g/mol. The van der Waals surface area contributed by atoms with Crippen molar-refractivity contribution in [2.45, 2.75) is 18.9 Å². The molecule has 2 heterocycles. The first-order valence-electron chi connectivity index (χ1n) is 8.38. The van der Waals surface area contributed by atoms with Crippen molar-refractivity contribution in [1.82, 2.24) is 9.88 Å². The number of aliphatic hydroxyl groups excluding tert-OH is 2. The highest BCUT2D eigenvalue weighted by molar-refractivity contribution is 6.30. The van der Waals surface area contributed by atoms with Gasteiger partial charge in [0.25, 0.3) is 5.91 Å². The molecule has 0 spiro atoms. The van der Waals surface area contributed by atoms with E-state index in [0.29, 0.717) is 24.4 Å². The van der Waals surface area contributed by atoms with Gasteiger partial charge in [0, 0.05) is 24.7 Å². The molecule has 1 saturated heterocycles. The van der Waals surface area contributed by atoms with E-state index in [4.69, 9.17) is 11.6 Å². The number of nitrogens with zero attached hydrogens (tertiary/aromatic N) is 2. The molecule has 3 rings (SSSR count). The van der Waals surface area contributed by atoms with Crippen LogP contribution in [0.5, 0.6) is 0 Å². The van der Waals surface area contributed by atoms with E-state index in [9.17, 15) is 19.4 Å². The zero-order chi connectivity index (χ0) is 18.7. The summed E-state index contributed by atoms with van der Waals surface area (Å²) in [5, 5.41) is 21.0. The Bertz CT molecular complexity index is 769. The fourth-order valence-electron chi connectivity index (χ4n) is 3.38. The van der Waals surface area contributed by atoms with Gasteiger partial charge in [0.15, 0.2) is 0 Å². The van der Waals surface area contributed by atoms with E-state index in [1.165, 1.54) is 18.3 Å². The molecule has 2 N–H and O–H groups in total. The molecule has 7 heteroatoms. The summed E-state index contributed by atoms with van der Waals surface area (Å²) in [5.74, 6) is -0.618. The van der Waals surface area contributed by atoms with Crippen molar-refractivity contribution in [3.8, 4) is 0 Å². The normalized spacial score (nSPS) is 23.1. The van der Waals surface area contributed by atoms with Crippen molar-refractivity contribution in [1.29, 1.82) is 0 Å². The van der Waals surface area contributed by atoms with E-state index in [2.05, 4.69) is 4.98 Å². The third-order valence-electron chi connectivity index (χ3n) is 4.90. The second-order valence-electron chi connectivity index (χ2n) is 6.72. The fourth-order valence-corrected chi connectivity index (χ4v) is 3.49. The maximum atomic E-state index is 13.1. The number of aliphatic hydroxyl groups is 2. The van der Waals surface area contributed by atoms with Crippen LogP contribution >= 0.6 is 11.6 Å². The highest BCUT2D eigenvalue weighted by Crippen LogP contribution is 2.34. The molecule has 0 aliphatic carbocycles. The Morgan fingerprint density at radius 2 is 2.04 bits per heavy atom. The van der Waals surface area contributed by atoms with Crippen LogP contribution in [0.25, 0.3) is 0 Å². The van der Waals surface area contributed by atoms with Crippen molar-refractivity contribution in [3.05, 3.63) is 64.7 Å². The first kappa shape index (κ1) is 18.8. The largest absolute Gasteiger partial charge is 0.396 e. The number of pyridine rings is 1. The van der Waals surface area contributed by atoms with E-state index in [0.717, 1.165) is 5.56 Å². The Kier molecular flexibility index (Phi) is 5.55. The van der Waals surface area contributed by atoms with Gasteiger partial charge in [-0.05, 0) is 42.7 Å². The standard InChI is InChI=1S/C19H20ClFN2O3/c20-14-3-6-16(22-10-14)18(26)23-8-7-17(25)19(11-23,12-24)9-13-1-4-15(21)5-2-13/h1-6,10,17,24-25H,7-9,11-12H2/t17-,19-/m0/s1. The van der Waals surface area contributed by atoms with Crippen LogP contribution in [0.15, 0.2) is 42.6 Å². The molecule has 2 aromatic rings. The lowest BCUT2D eigenvalue weighted by atomic mass is 9.73. The third kappa shape index (κ3) is 3.87. The summed E-state index contributed by atoms with van der Waals surface area (Å²) in [7, 11) is 0. The van der Waals surface area contributed by atoms with E-state index < -0.39 is 11.5 Å². The Morgan fingerprint density at radius 1 is 1.31 bits per heavy atom. The van der Waals surface area contributed by atoms with Crippen molar-refractivity contribution in [2.24, 2.45) is 5.41 Å². The number of hydrogen-bond acceptors (Lipinski definition) is 4. The van der Waals surface area contributed by atoms with Gasteiger partial charge in [0.05, 0.1) is 17.7 Å². The highest BCUT2D eigenvalue weighted by Gasteiger charge is 2.44. The molecular formula is C19H20ClFN2O3. The molecule has 5 nitrogen and oxygen atoms in total. The molecule has 1 aromatic heterocycles. The number of likely N-dealkylation sites (tertiary alicyclic amines) is 1. The fraction of sp³-hybridized carbons (Fsp3) is 0.368. The molecule has 2 atom stereocenters. The number of rotatable bonds is 4. The first-order valence-corrected chi connectivity index (χ1v) is 8.75.